The van der Waals surface area contributed by atoms with Crippen LogP contribution < -0.4 is 5.32 Å². The minimum atomic E-state index is -0.657. The number of carbonyl (C=O) groups is 1. The van der Waals surface area contributed by atoms with Crippen LogP contribution in [-0.2, 0) is 4.79 Å². The Balaban J connectivity index is 2.77. The van der Waals surface area contributed by atoms with Crippen molar-refractivity contribution in [2.24, 2.45) is 5.41 Å². The van der Waals surface area contributed by atoms with Crippen molar-refractivity contribution in [3.05, 3.63) is 10.1 Å². The zero-order valence-corrected chi connectivity index (χ0v) is 7.16. The Hall–Kier alpha value is -1.13. The van der Waals surface area contributed by atoms with E-state index in [-0.39, 0.29) is 23.8 Å². The molecule has 1 heterocycles. The van der Waals surface area contributed by atoms with Gasteiger partial charge in [0.05, 0.1) is 6.54 Å². The molecule has 0 aliphatic carbocycles. The lowest BCUT2D eigenvalue weighted by molar-refractivity contribution is -0.539. The maximum absolute atomic E-state index is 10.9. The van der Waals surface area contributed by atoms with Gasteiger partial charge in [-0.3, -0.25) is 14.9 Å². The molecule has 1 fully saturated rings. The van der Waals surface area contributed by atoms with Crippen LogP contribution in [0.4, 0.5) is 0 Å². The Kier molecular flexibility index (Phi) is 2.04. The minimum Gasteiger partial charge on any atom is -0.349 e. The Morgan fingerprint density at radius 3 is 2.67 bits per heavy atom. The first-order valence-corrected chi connectivity index (χ1v) is 3.84. The first-order chi connectivity index (χ1) is 5.43. The Labute approximate surface area is 70.3 Å². The molecule has 1 N–H and O–H groups in total. The lowest BCUT2D eigenvalue weighted by atomic mass is 9.79. The van der Waals surface area contributed by atoms with Gasteiger partial charge in [0.15, 0.2) is 0 Å². The van der Waals surface area contributed by atoms with Crippen LogP contribution in [0.1, 0.15) is 20.3 Å². The van der Waals surface area contributed by atoms with Gasteiger partial charge in [-0.1, -0.05) is 13.8 Å². The predicted octanol–water partition coefficient (Wildman–Crippen LogP) is 0.178. The second kappa shape index (κ2) is 2.73. The average Bonchev–Trinajstić information content (AvgIpc) is 1.82. The van der Waals surface area contributed by atoms with Crippen molar-refractivity contribution >= 4 is 5.91 Å². The van der Waals surface area contributed by atoms with Gasteiger partial charge >= 0.3 is 0 Å². The van der Waals surface area contributed by atoms with Crippen LogP contribution in [-0.4, -0.2) is 23.4 Å². The quantitative estimate of drug-likeness (QED) is 0.453. The highest BCUT2D eigenvalue weighted by Crippen LogP contribution is 2.29. The fourth-order valence-electron chi connectivity index (χ4n) is 1.44. The standard InChI is InChI=1S/C7H12N2O3/c1-7(2)3-6(10)8-4-5(7)9(11)12/h5H,3-4H2,1-2H3,(H,8,10). The highest BCUT2D eigenvalue weighted by atomic mass is 16.6. The van der Waals surface area contributed by atoms with E-state index < -0.39 is 11.5 Å². The van der Waals surface area contributed by atoms with Gasteiger partial charge in [-0.25, -0.2) is 0 Å². The molecular weight excluding hydrogens is 160 g/mol. The lowest BCUT2D eigenvalue weighted by Gasteiger charge is -2.31. The molecule has 12 heavy (non-hydrogen) atoms. The van der Waals surface area contributed by atoms with Crippen molar-refractivity contribution in [2.75, 3.05) is 6.54 Å². The van der Waals surface area contributed by atoms with E-state index in [2.05, 4.69) is 5.32 Å². The van der Waals surface area contributed by atoms with E-state index in [1.807, 2.05) is 0 Å². The molecule has 0 aromatic carbocycles. The molecule has 0 radical (unpaired) electrons. The van der Waals surface area contributed by atoms with Crippen molar-refractivity contribution < 1.29 is 9.72 Å². The summed E-state index contributed by atoms with van der Waals surface area (Å²) in [5, 5.41) is 13.0. The Morgan fingerprint density at radius 1 is 1.67 bits per heavy atom. The molecule has 0 bridgehead atoms. The van der Waals surface area contributed by atoms with Gasteiger partial charge in [0, 0.05) is 16.8 Å². The third-order valence-corrected chi connectivity index (χ3v) is 2.27. The Bertz CT molecular complexity index is 225. The molecule has 5 nitrogen and oxygen atoms in total. The largest absolute Gasteiger partial charge is 0.349 e. The number of nitrogens with one attached hydrogen (secondary N) is 1. The number of rotatable bonds is 1. The van der Waals surface area contributed by atoms with Crippen molar-refractivity contribution in [2.45, 2.75) is 26.3 Å². The predicted molar refractivity (Wildman–Crippen MR) is 42.2 cm³/mol. The maximum Gasteiger partial charge on any atom is 0.235 e. The van der Waals surface area contributed by atoms with E-state index in [4.69, 9.17) is 0 Å². The maximum atomic E-state index is 10.9. The fraction of sp³-hybridized carbons (Fsp3) is 0.857. The van der Waals surface area contributed by atoms with Crippen molar-refractivity contribution in [1.82, 2.24) is 5.32 Å². The molecule has 1 amide bonds. The molecule has 5 heteroatoms. The summed E-state index contributed by atoms with van der Waals surface area (Å²) in [6.07, 6.45) is 0.235. The van der Waals surface area contributed by atoms with Crippen molar-refractivity contribution in [1.29, 1.82) is 0 Å². The number of carbonyl (C=O) groups excluding carboxylic acids is 1. The number of nitrogens with zero attached hydrogens (tertiary/aromatic N) is 1. The second-order valence-corrected chi connectivity index (χ2v) is 3.77. The molecular formula is C7H12N2O3. The van der Waals surface area contributed by atoms with Crippen LogP contribution in [0.15, 0.2) is 0 Å². The lowest BCUT2D eigenvalue weighted by Crippen LogP contribution is -2.52. The van der Waals surface area contributed by atoms with Gasteiger partial charge < -0.3 is 5.32 Å². The number of piperidine rings is 1. The van der Waals surface area contributed by atoms with E-state index in [1.165, 1.54) is 0 Å². The molecule has 0 spiro atoms. The van der Waals surface area contributed by atoms with Crippen molar-refractivity contribution in [3.8, 4) is 0 Å². The van der Waals surface area contributed by atoms with Gasteiger partial charge in [-0.2, -0.15) is 0 Å². The Morgan fingerprint density at radius 2 is 2.25 bits per heavy atom. The third kappa shape index (κ3) is 1.54. The fourth-order valence-corrected chi connectivity index (χ4v) is 1.44. The molecule has 0 saturated carbocycles. The summed E-state index contributed by atoms with van der Waals surface area (Å²) >= 11 is 0. The summed E-state index contributed by atoms with van der Waals surface area (Å²) in [6, 6.07) is -0.657. The normalized spacial score (nSPS) is 27.8. The summed E-state index contributed by atoms with van der Waals surface area (Å²) in [6.45, 7) is 3.65. The monoisotopic (exact) mass is 172 g/mol. The molecule has 1 saturated heterocycles. The molecule has 0 aromatic heterocycles. The van der Waals surface area contributed by atoms with Gasteiger partial charge in [0.2, 0.25) is 11.9 Å². The number of nitro groups is 1. The second-order valence-electron chi connectivity index (χ2n) is 3.77. The number of hydrogen-bond acceptors (Lipinski definition) is 3. The van der Waals surface area contributed by atoms with Gasteiger partial charge in [0.1, 0.15) is 0 Å². The smallest absolute Gasteiger partial charge is 0.235 e. The van der Waals surface area contributed by atoms with Gasteiger partial charge in [-0.05, 0) is 0 Å². The van der Waals surface area contributed by atoms with Gasteiger partial charge in [-0.15, -0.1) is 0 Å². The van der Waals surface area contributed by atoms with Crippen LogP contribution in [0.2, 0.25) is 0 Å². The molecule has 68 valence electrons. The number of amides is 1. The van der Waals surface area contributed by atoms with Crippen LogP contribution in [0.5, 0.6) is 0 Å². The summed E-state index contributed by atoms with van der Waals surface area (Å²) in [4.78, 5) is 21.1. The van der Waals surface area contributed by atoms with Crippen molar-refractivity contribution in [3.63, 3.8) is 0 Å². The average molecular weight is 172 g/mol. The van der Waals surface area contributed by atoms with E-state index in [0.29, 0.717) is 0 Å². The minimum absolute atomic E-state index is 0.0990. The summed E-state index contributed by atoms with van der Waals surface area (Å²) in [5.74, 6) is -0.0990. The van der Waals surface area contributed by atoms with E-state index in [1.54, 1.807) is 13.8 Å². The summed E-state index contributed by atoms with van der Waals surface area (Å²) in [7, 11) is 0. The SMILES string of the molecule is CC1(C)CC(=O)NCC1[N+](=O)[O-]. The summed E-state index contributed by atoms with van der Waals surface area (Å²) in [5.41, 5.74) is -0.522. The zero-order valence-electron chi connectivity index (χ0n) is 7.16. The van der Waals surface area contributed by atoms with Crippen LogP contribution in [0, 0.1) is 15.5 Å². The molecule has 1 unspecified atom stereocenters. The highest BCUT2D eigenvalue weighted by molar-refractivity contribution is 5.77. The van der Waals surface area contributed by atoms with E-state index in [0.717, 1.165) is 0 Å². The molecule has 1 aliphatic rings. The molecule has 1 atom stereocenters. The molecule has 1 rings (SSSR count). The van der Waals surface area contributed by atoms with Crippen LogP contribution in [0.3, 0.4) is 0 Å². The third-order valence-electron chi connectivity index (χ3n) is 2.27. The van der Waals surface area contributed by atoms with E-state index >= 15 is 0 Å². The highest BCUT2D eigenvalue weighted by Gasteiger charge is 2.43. The molecule has 0 aromatic rings. The van der Waals surface area contributed by atoms with E-state index in [9.17, 15) is 14.9 Å². The first-order valence-electron chi connectivity index (χ1n) is 3.84. The van der Waals surface area contributed by atoms with Gasteiger partial charge in [0.25, 0.3) is 0 Å². The van der Waals surface area contributed by atoms with Crippen LogP contribution in [0.25, 0.3) is 0 Å². The van der Waals surface area contributed by atoms with Crippen LogP contribution >= 0.6 is 0 Å². The first kappa shape index (κ1) is 8.96. The number of hydrogen-bond donors (Lipinski definition) is 1. The molecule has 1 aliphatic heterocycles. The summed E-state index contributed by atoms with van der Waals surface area (Å²) < 4.78 is 0. The zero-order chi connectivity index (χ0) is 9.35. The topological polar surface area (TPSA) is 72.2 Å².